The zero-order valence-electron chi connectivity index (χ0n) is 16.2. The second-order valence-electron chi connectivity index (χ2n) is 7.45. The van der Waals surface area contributed by atoms with Crippen molar-refractivity contribution in [2.45, 2.75) is 33.2 Å². The molecule has 0 radical (unpaired) electrons. The van der Waals surface area contributed by atoms with Crippen LogP contribution in [0.2, 0.25) is 0 Å². The number of hydrogen-bond acceptors (Lipinski definition) is 5. The molecule has 1 saturated heterocycles. The number of nitrogens with zero attached hydrogens (tertiary/aromatic N) is 3. The summed E-state index contributed by atoms with van der Waals surface area (Å²) in [6.45, 7) is 6.69. The molecule has 1 amide bonds. The van der Waals surface area contributed by atoms with Crippen molar-refractivity contribution in [1.29, 1.82) is 0 Å². The van der Waals surface area contributed by atoms with Crippen LogP contribution < -0.4 is 10.2 Å². The molecule has 0 atom stereocenters. The lowest BCUT2D eigenvalue weighted by Gasteiger charge is -2.31. The van der Waals surface area contributed by atoms with E-state index in [4.69, 9.17) is 4.42 Å². The molecule has 3 aromatic heterocycles. The zero-order chi connectivity index (χ0) is 19.5. The fourth-order valence-corrected chi connectivity index (χ4v) is 3.36. The number of furan rings is 1. The highest BCUT2D eigenvalue weighted by atomic mass is 16.3. The third-order valence-electron chi connectivity index (χ3n) is 5.19. The molecule has 2 N–H and O–H groups in total. The average Bonchev–Trinajstić information content (AvgIpc) is 3.36. The largest absolute Gasteiger partial charge is 0.460 e. The molecule has 28 heavy (non-hydrogen) atoms. The summed E-state index contributed by atoms with van der Waals surface area (Å²) in [6.07, 6.45) is 4.25. The molecule has 4 heterocycles. The van der Waals surface area contributed by atoms with Crippen molar-refractivity contribution >= 4 is 11.7 Å². The van der Waals surface area contributed by atoms with Crippen molar-refractivity contribution in [3.63, 3.8) is 0 Å². The monoisotopic (exact) mass is 379 g/mol. The average molecular weight is 379 g/mol. The van der Waals surface area contributed by atoms with E-state index in [9.17, 15) is 4.79 Å². The third-order valence-corrected chi connectivity index (χ3v) is 5.19. The number of amides is 1. The number of carbonyl (C=O) groups is 1. The highest BCUT2D eigenvalue weighted by Crippen LogP contribution is 2.22. The van der Waals surface area contributed by atoms with Crippen LogP contribution in [0.25, 0.3) is 11.5 Å². The Bertz CT molecular complexity index is 936. The van der Waals surface area contributed by atoms with E-state index in [0.29, 0.717) is 23.7 Å². The van der Waals surface area contributed by atoms with E-state index < -0.39 is 0 Å². The lowest BCUT2D eigenvalue weighted by atomic mass is 9.99. The summed E-state index contributed by atoms with van der Waals surface area (Å²) in [7, 11) is 0. The fraction of sp³-hybridized carbons (Fsp3) is 0.381. The van der Waals surface area contributed by atoms with E-state index in [1.54, 1.807) is 6.07 Å². The first-order valence-electron chi connectivity index (χ1n) is 9.69. The van der Waals surface area contributed by atoms with E-state index in [1.165, 1.54) is 12.8 Å². The number of carbonyl (C=O) groups excluding carboxylic acids is 1. The van der Waals surface area contributed by atoms with E-state index in [-0.39, 0.29) is 5.91 Å². The predicted molar refractivity (Wildman–Crippen MR) is 107 cm³/mol. The molecule has 0 bridgehead atoms. The van der Waals surface area contributed by atoms with Gasteiger partial charge < -0.3 is 14.6 Å². The number of anilines is 1. The Hall–Kier alpha value is -3.09. The van der Waals surface area contributed by atoms with E-state index >= 15 is 0 Å². The molecule has 0 aromatic carbocycles. The molecular formula is C21H25N5O2. The molecule has 0 saturated carbocycles. The van der Waals surface area contributed by atoms with Crippen molar-refractivity contribution in [2.24, 2.45) is 5.92 Å². The molecule has 0 aliphatic carbocycles. The van der Waals surface area contributed by atoms with Gasteiger partial charge in [-0.05, 0) is 49.4 Å². The molecule has 1 fully saturated rings. The Kier molecular flexibility index (Phi) is 5.14. The van der Waals surface area contributed by atoms with Gasteiger partial charge in [0, 0.05) is 31.9 Å². The van der Waals surface area contributed by atoms with Crippen molar-refractivity contribution in [3.8, 4) is 11.5 Å². The van der Waals surface area contributed by atoms with Crippen molar-refractivity contribution in [3.05, 3.63) is 53.5 Å². The minimum atomic E-state index is -0.236. The SMILES string of the molecule is Cc1ccc(-c2cc(C(=O)NCc3ccc(N4CCC(C)CC4)nc3)n[nH]2)o1. The first kappa shape index (κ1) is 18.3. The molecule has 0 spiro atoms. The van der Waals surface area contributed by atoms with Gasteiger partial charge in [-0.15, -0.1) is 0 Å². The molecule has 7 heteroatoms. The van der Waals surface area contributed by atoms with Gasteiger partial charge in [-0.25, -0.2) is 4.98 Å². The quantitative estimate of drug-likeness (QED) is 0.708. The number of rotatable bonds is 5. The van der Waals surface area contributed by atoms with Crippen LogP contribution in [0.5, 0.6) is 0 Å². The molecule has 1 aliphatic rings. The zero-order valence-corrected chi connectivity index (χ0v) is 16.2. The number of pyridine rings is 1. The maximum Gasteiger partial charge on any atom is 0.272 e. The Morgan fingerprint density at radius 2 is 2.11 bits per heavy atom. The lowest BCUT2D eigenvalue weighted by molar-refractivity contribution is 0.0946. The van der Waals surface area contributed by atoms with Gasteiger partial charge in [-0.3, -0.25) is 9.89 Å². The topological polar surface area (TPSA) is 87.0 Å². The van der Waals surface area contributed by atoms with Gasteiger partial charge in [0.1, 0.15) is 17.3 Å². The second kappa shape index (κ2) is 7.88. The number of H-pyrrole nitrogens is 1. The molecule has 146 valence electrons. The van der Waals surface area contributed by atoms with E-state index in [1.807, 2.05) is 37.4 Å². The highest BCUT2D eigenvalue weighted by molar-refractivity contribution is 5.93. The molecule has 0 unspecified atom stereocenters. The van der Waals surface area contributed by atoms with Gasteiger partial charge in [0.25, 0.3) is 5.91 Å². The van der Waals surface area contributed by atoms with Crippen LogP contribution in [0.3, 0.4) is 0 Å². The van der Waals surface area contributed by atoms with Gasteiger partial charge in [0.15, 0.2) is 11.5 Å². The third kappa shape index (κ3) is 4.08. The molecular weight excluding hydrogens is 354 g/mol. The van der Waals surface area contributed by atoms with Crippen LogP contribution >= 0.6 is 0 Å². The Morgan fingerprint density at radius 3 is 2.79 bits per heavy atom. The Morgan fingerprint density at radius 1 is 1.29 bits per heavy atom. The highest BCUT2D eigenvalue weighted by Gasteiger charge is 2.17. The van der Waals surface area contributed by atoms with Gasteiger partial charge in [-0.1, -0.05) is 13.0 Å². The normalized spacial score (nSPS) is 15.0. The van der Waals surface area contributed by atoms with Gasteiger partial charge in [-0.2, -0.15) is 5.10 Å². The molecule has 7 nitrogen and oxygen atoms in total. The first-order chi connectivity index (χ1) is 13.6. The molecule has 3 aromatic rings. The standard InChI is InChI=1S/C21H25N5O2/c1-14-7-9-26(10-8-14)20-6-4-16(12-22-20)13-23-21(27)18-11-17(24-25-18)19-5-3-15(2)28-19/h3-6,11-12,14H,7-10,13H2,1-2H3,(H,23,27)(H,24,25). The number of aromatic nitrogens is 3. The maximum atomic E-state index is 12.4. The van der Waals surface area contributed by atoms with Gasteiger partial charge in [0.2, 0.25) is 0 Å². The van der Waals surface area contributed by atoms with Crippen molar-refractivity contribution < 1.29 is 9.21 Å². The summed E-state index contributed by atoms with van der Waals surface area (Å²) in [6, 6.07) is 9.45. The Labute approximate surface area is 164 Å². The van der Waals surface area contributed by atoms with Crippen molar-refractivity contribution in [1.82, 2.24) is 20.5 Å². The summed E-state index contributed by atoms with van der Waals surface area (Å²) in [5.41, 5.74) is 1.97. The van der Waals surface area contributed by atoms with Crippen molar-refractivity contribution in [2.75, 3.05) is 18.0 Å². The fourth-order valence-electron chi connectivity index (χ4n) is 3.36. The van der Waals surface area contributed by atoms with Gasteiger partial charge in [0.05, 0.1) is 0 Å². The van der Waals surface area contributed by atoms with Crippen LogP contribution in [-0.4, -0.2) is 34.2 Å². The number of piperidine rings is 1. The summed E-state index contributed by atoms with van der Waals surface area (Å²) in [4.78, 5) is 19.2. The smallest absolute Gasteiger partial charge is 0.272 e. The number of hydrogen-bond donors (Lipinski definition) is 2. The van der Waals surface area contributed by atoms with Crippen LogP contribution in [0.4, 0.5) is 5.82 Å². The Balaban J connectivity index is 1.33. The van der Waals surface area contributed by atoms with Crippen LogP contribution in [0.15, 0.2) is 40.9 Å². The first-order valence-corrected chi connectivity index (χ1v) is 9.69. The molecule has 1 aliphatic heterocycles. The maximum absolute atomic E-state index is 12.4. The van der Waals surface area contributed by atoms with Crippen LogP contribution in [-0.2, 0) is 6.54 Å². The lowest BCUT2D eigenvalue weighted by Crippen LogP contribution is -2.33. The number of aryl methyl sites for hydroxylation is 1. The summed E-state index contributed by atoms with van der Waals surface area (Å²) in [5, 5.41) is 9.80. The van der Waals surface area contributed by atoms with Crippen LogP contribution in [0, 0.1) is 12.8 Å². The second-order valence-corrected chi connectivity index (χ2v) is 7.45. The predicted octanol–water partition coefficient (Wildman–Crippen LogP) is 3.54. The summed E-state index contributed by atoms with van der Waals surface area (Å²) in [5.74, 6) is 3.04. The van der Waals surface area contributed by atoms with Gasteiger partial charge >= 0.3 is 0 Å². The number of aromatic amines is 1. The minimum Gasteiger partial charge on any atom is -0.460 e. The minimum absolute atomic E-state index is 0.236. The summed E-state index contributed by atoms with van der Waals surface area (Å²) >= 11 is 0. The molecule has 4 rings (SSSR count). The summed E-state index contributed by atoms with van der Waals surface area (Å²) < 4.78 is 5.54. The number of nitrogens with one attached hydrogen (secondary N) is 2. The van der Waals surface area contributed by atoms with E-state index in [2.05, 4.69) is 32.3 Å². The van der Waals surface area contributed by atoms with E-state index in [0.717, 1.165) is 36.1 Å². The van der Waals surface area contributed by atoms with Crippen LogP contribution in [0.1, 0.15) is 41.6 Å².